The lowest BCUT2D eigenvalue weighted by Crippen LogP contribution is -1.97. The molecule has 2 aromatic heterocycles. The summed E-state index contributed by atoms with van der Waals surface area (Å²) in [6, 6.07) is 0. The molecule has 0 fully saturated rings. The topological polar surface area (TPSA) is 56.2 Å². The summed E-state index contributed by atoms with van der Waals surface area (Å²) in [4.78, 5) is 4.23. The van der Waals surface area contributed by atoms with Crippen molar-refractivity contribution in [2.75, 3.05) is 0 Å². The lowest BCUT2D eigenvalue weighted by atomic mass is 10.3. The summed E-state index contributed by atoms with van der Waals surface area (Å²) >= 11 is 0. The zero-order valence-electron chi connectivity index (χ0n) is 7.27. The van der Waals surface area contributed by atoms with E-state index in [0.717, 1.165) is 16.8 Å². The number of aromatic nitrogens is 3. The molecule has 4 nitrogen and oxygen atoms in total. The molecule has 0 bridgehead atoms. The molecule has 70 valence electrons. The number of aryl methyl sites for hydroxylation is 1. The Morgan fingerprint density at radius 2 is 2.23 bits per heavy atom. The average molecular weight is 199 g/mol. The first-order chi connectivity index (χ1) is 5.81. The predicted octanol–water partition coefficient (Wildman–Crippen LogP) is 0.918. The maximum atomic E-state index is 5.51. The van der Waals surface area contributed by atoms with E-state index in [0.29, 0.717) is 6.54 Å². The Hall–Kier alpha value is -1.13. The largest absolute Gasteiger partial charge is 0.326 e. The molecule has 0 aromatic carbocycles. The van der Waals surface area contributed by atoms with Crippen molar-refractivity contribution in [1.29, 1.82) is 0 Å². The first kappa shape index (κ1) is 9.95. The number of fused-ring (bicyclic) bond motifs is 1. The monoisotopic (exact) mass is 198 g/mol. The zero-order chi connectivity index (χ0) is 8.55. The summed E-state index contributed by atoms with van der Waals surface area (Å²) in [6.45, 7) is 2.47. The van der Waals surface area contributed by atoms with Crippen LogP contribution in [0.3, 0.4) is 0 Å². The molecule has 2 aromatic rings. The van der Waals surface area contributed by atoms with Gasteiger partial charge >= 0.3 is 0 Å². The van der Waals surface area contributed by atoms with Crippen molar-refractivity contribution in [2.24, 2.45) is 5.73 Å². The maximum absolute atomic E-state index is 5.51. The second-order valence-corrected chi connectivity index (χ2v) is 2.77. The van der Waals surface area contributed by atoms with Gasteiger partial charge in [-0.15, -0.1) is 12.4 Å². The van der Waals surface area contributed by atoms with E-state index < -0.39 is 0 Å². The molecule has 2 heterocycles. The van der Waals surface area contributed by atoms with Gasteiger partial charge in [-0.1, -0.05) is 0 Å². The van der Waals surface area contributed by atoms with Crippen LogP contribution in [0, 0.1) is 6.92 Å². The number of hydrogen-bond donors (Lipinski definition) is 1. The van der Waals surface area contributed by atoms with E-state index in [1.54, 1.807) is 10.7 Å². The molecule has 0 aliphatic heterocycles. The first-order valence-electron chi connectivity index (χ1n) is 3.80. The van der Waals surface area contributed by atoms with Crippen LogP contribution in [0.25, 0.3) is 5.65 Å². The molecule has 0 atom stereocenters. The molecule has 0 spiro atoms. The van der Waals surface area contributed by atoms with E-state index >= 15 is 0 Å². The van der Waals surface area contributed by atoms with E-state index in [2.05, 4.69) is 10.1 Å². The molecule has 13 heavy (non-hydrogen) atoms. The molecule has 2 rings (SSSR count). The smallest absolute Gasteiger partial charge is 0.159 e. The van der Waals surface area contributed by atoms with Crippen molar-refractivity contribution in [3.8, 4) is 0 Å². The molecule has 5 heteroatoms. The number of hydrogen-bond acceptors (Lipinski definition) is 3. The van der Waals surface area contributed by atoms with Crippen molar-refractivity contribution >= 4 is 18.1 Å². The second kappa shape index (κ2) is 3.72. The molecule has 0 radical (unpaired) electrons. The van der Waals surface area contributed by atoms with Crippen LogP contribution in [-0.4, -0.2) is 14.6 Å². The summed E-state index contributed by atoms with van der Waals surface area (Å²) in [6.07, 6.45) is 5.50. The van der Waals surface area contributed by atoms with Gasteiger partial charge in [0.15, 0.2) is 5.65 Å². The highest BCUT2D eigenvalue weighted by molar-refractivity contribution is 5.85. The Balaban J connectivity index is 0.000000845. The Labute approximate surface area is 82.2 Å². The normalized spacial score (nSPS) is 10.0. The van der Waals surface area contributed by atoms with Crippen LogP contribution in [0.15, 0.2) is 18.6 Å². The minimum Gasteiger partial charge on any atom is -0.326 e. The number of rotatable bonds is 1. The summed E-state index contributed by atoms with van der Waals surface area (Å²) in [7, 11) is 0. The number of nitrogens with zero attached hydrogens (tertiary/aromatic N) is 3. The van der Waals surface area contributed by atoms with Gasteiger partial charge in [-0.3, -0.25) is 0 Å². The quantitative estimate of drug-likeness (QED) is 0.742. The van der Waals surface area contributed by atoms with Crippen molar-refractivity contribution in [2.45, 2.75) is 13.5 Å². The van der Waals surface area contributed by atoms with Gasteiger partial charge in [0.2, 0.25) is 0 Å². The van der Waals surface area contributed by atoms with Gasteiger partial charge in [0, 0.05) is 24.5 Å². The fraction of sp³-hybridized carbons (Fsp3) is 0.250. The third-order valence-corrected chi connectivity index (χ3v) is 1.78. The molecule has 0 amide bonds. The Kier molecular flexibility index (Phi) is 2.85. The van der Waals surface area contributed by atoms with Crippen LogP contribution >= 0.6 is 12.4 Å². The van der Waals surface area contributed by atoms with Crippen molar-refractivity contribution < 1.29 is 0 Å². The average Bonchev–Trinajstić information content (AvgIpc) is 2.46. The van der Waals surface area contributed by atoms with Crippen molar-refractivity contribution in [3.63, 3.8) is 0 Å². The minimum absolute atomic E-state index is 0. The van der Waals surface area contributed by atoms with Crippen LogP contribution in [0.1, 0.15) is 11.1 Å². The molecule has 2 N–H and O–H groups in total. The minimum atomic E-state index is 0. The molecule has 0 aliphatic carbocycles. The van der Waals surface area contributed by atoms with Crippen LogP contribution in [0.4, 0.5) is 0 Å². The molecule has 0 saturated heterocycles. The highest BCUT2D eigenvalue weighted by Gasteiger charge is 2.01. The lowest BCUT2D eigenvalue weighted by molar-refractivity contribution is 0.927. The third-order valence-electron chi connectivity index (χ3n) is 1.78. The highest BCUT2D eigenvalue weighted by atomic mass is 35.5. The SMILES string of the molecule is Cc1cnc2c(CN)cnn2c1.Cl. The van der Waals surface area contributed by atoms with E-state index in [-0.39, 0.29) is 12.4 Å². The van der Waals surface area contributed by atoms with Gasteiger partial charge in [-0.2, -0.15) is 5.10 Å². The standard InChI is InChI=1S/C8H10N4.ClH/c1-6-3-10-8-7(2-9)4-11-12(8)5-6;/h3-5H,2,9H2,1H3;1H. The molecule has 0 saturated carbocycles. The van der Waals surface area contributed by atoms with Gasteiger partial charge in [0.25, 0.3) is 0 Å². The van der Waals surface area contributed by atoms with E-state index in [4.69, 9.17) is 5.73 Å². The second-order valence-electron chi connectivity index (χ2n) is 2.77. The van der Waals surface area contributed by atoms with Crippen LogP contribution < -0.4 is 5.73 Å². The third kappa shape index (κ3) is 1.64. The molecular formula is C8H11ClN4. The fourth-order valence-electron chi connectivity index (χ4n) is 1.16. The Morgan fingerprint density at radius 3 is 2.92 bits per heavy atom. The van der Waals surface area contributed by atoms with Crippen LogP contribution in [-0.2, 0) is 6.54 Å². The summed E-state index contributed by atoms with van der Waals surface area (Å²) in [5, 5.41) is 4.12. The summed E-state index contributed by atoms with van der Waals surface area (Å²) in [5.74, 6) is 0. The van der Waals surface area contributed by atoms with Crippen LogP contribution in [0.5, 0.6) is 0 Å². The molecule has 0 unspecified atom stereocenters. The Morgan fingerprint density at radius 1 is 1.46 bits per heavy atom. The van der Waals surface area contributed by atoms with Gasteiger partial charge in [0.1, 0.15) is 0 Å². The predicted molar refractivity (Wildman–Crippen MR) is 52.9 cm³/mol. The Bertz CT molecular complexity index is 409. The lowest BCUT2D eigenvalue weighted by Gasteiger charge is -1.95. The summed E-state index contributed by atoms with van der Waals surface area (Å²) < 4.78 is 1.75. The van der Waals surface area contributed by atoms with Crippen molar-refractivity contribution in [3.05, 3.63) is 29.7 Å². The highest BCUT2D eigenvalue weighted by Crippen LogP contribution is 2.06. The van der Waals surface area contributed by atoms with E-state index in [1.165, 1.54) is 0 Å². The zero-order valence-corrected chi connectivity index (χ0v) is 8.08. The number of halogens is 1. The maximum Gasteiger partial charge on any atom is 0.159 e. The van der Waals surface area contributed by atoms with E-state index in [1.807, 2.05) is 19.3 Å². The van der Waals surface area contributed by atoms with Crippen LogP contribution in [0.2, 0.25) is 0 Å². The molecular weight excluding hydrogens is 188 g/mol. The van der Waals surface area contributed by atoms with Gasteiger partial charge in [-0.25, -0.2) is 9.50 Å². The fourth-order valence-corrected chi connectivity index (χ4v) is 1.16. The van der Waals surface area contributed by atoms with E-state index in [9.17, 15) is 0 Å². The first-order valence-corrected chi connectivity index (χ1v) is 3.80. The van der Waals surface area contributed by atoms with Gasteiger partial charge < -0.3 is 5.73 Å². The van der Waals surface area contributed by atoms with Gasteiger partial charge in [-0.05, 0) is 12.5 Å². The van der Waals surface area contributed by atoms with Gasteiger partial charge in [0.05, 0.1) is 6.20 Å². The summed E-state index contributed by atoms with van der Waals surface area (Å²) in [5.41, 5.74) is 8.43. The molecule has 0 aliphatic rings. The number of nitrogens with two attached hydrogens (primary N) is 1. The van der Waals surface area contributed by atoms with Crippen molar-refractivity contribution in [1.82, 2.24) is 14.6 Å².